The topological polar surface area (TPSA) is 50.4 Å². The van der Waals surface area contributed by atoms with E-state index in [1.165, 1.54) is 5.56 Å². The van der Waals surface area contributed by atoms with Gasteiger partial charge in [0.1, 0.15) is 5.75 Å². The summed E-state index contributed by atoms with van der Waals surface area (Å²) in [5.41, 5.74) is 3.69. The van der Waals surface area contributed by atoms with E-state index in [4.69, 9.17) is 4.74 Å². The Morgan fingerprint density at radius 1 is 1.11 bits per heavy atom. The van der Waals surface area contributed by atoms with Gasteiger partial charge < -0.3 is 15.4 Å². The van der Waals surface area contributed by atoms with E-state index < -0.39 is 0 Å². The van der Waals surface area contributed by atoms with Crippen molar-refractivity contribution in [2.45, 2.75) is 44.7 Å². The fraction of sp³-hybridized carbons (Fsp3) is 0.375. The van der Waals surface area contributed by atoms with Crippen molar-refractivity contribution in [1.82, 2.24) is 5.32 Å². The zero-order valence-electron chi connectivity index (χ0n) is 17.0. The molecule has 0 bridgehead atoms. The van der Waals surface area contributed by atoms with Crippen LogP contribution in [-0.2, 0) is 0 Å². The van der Waals surface area contributed by atoms with Crippen LogP contribution in [0.5, 0.6) is 5.75 Å². The molecule has 2 aromatic rings. The van der Waals surface area contributed by atoms with E-state index in [0.29, 0.717) is 17.4 Å². The number of anilines is 1. The Morgan fingerprint density at radius 2 is 1.86 bits per heavy atom. The second kappa shape index (κ2) is 7.01. The molecule has 0 saturated carbocycles. The highest BCUT2D eigenvalue weighted by atomic mass is 16.5. The summed E-state index contributed by atoms with van der Waals surface area (Å²) in [7, 11) is 1.71. The highest BCUT2D eigenvalue weighted by Crippen LogP contribution is 2.51. The van der Waals surface area contributed by atoms with E-state index in [1.54, 1.807) is 7.11 Å². The van der Waals surface area contributed by atoms with Gasteiger partial charge in [0.15, 0.2) is 0 Å². The molecule has 4 heteroatoms. The largest absolute Gasteiger partial charge is 0.496 e. The van der Waals surface area contributed by atoms with Crippen LogP contribution in [0.4, 0.5) is 5.69 Å². The van der Waals surface area contributed by atoms with E-state index in [2.05, 4.69) is 34.9 Å². The lowest BCUT2D eigenvalue weighted by molar-refractivity contribution is 0.0920. The minimum atomic E-state index is -0.285. The number of para-hydroxylation sites is 2. The van der Waals surface area contributed by atoms with Crippen molar-refractivity contribution in [2.75, 3.05) is 12.4 Å². The van der Waals surface area contributed by atoms with Crippen molar-refractivity contribution in [3.8, 4) is 5.75 Å². The number of methoxy groups -OCH3 is 1. The molecule has 3 unspecified atom stereocenters. The molecule has 1 heterocycles. The van der Waals surface area contributed by atoms with Gasteiger partial charge in [-0.15, -0.1) is 0 Å². The van der Waals surface area contributed by atoms with Crippen LogP contribution < -0.4 is 15.4 Å². The molecule has 28 heavy (non-hydrogen) atoms. The second-order valence-electron chi connectivity index (χ2n) is 8.69. The summed E-state index contributed by atoms with van der Waals surface area (Å²) >= 11 is 0. The van der Waals surface area contributed by atoms with Crippen LogP contribution in [0.1, 0.15) is 60.6 Å². The zero-order chi connectivity index (χ0) is 19.9. The molecule has 4 nitrogen and oxygen atoms in total. The van der Waals surface area contributed by atoms with Gasteiger partial charge in [-0.1, -0.05) is 42.5 Å². The van der Waals surface area contributed by atoms with E-state index >= 15 is 0 Å². The second-order valence-corrected chi connectivity index (χ2v) is 8.69. The molecular weight excluding hydrogens is 348 g/mol. The average molecular weight is 377 g/mol. The molecule has 146 valence electrons. The summed E-state index contributed by atoms with van der Waals surface area (Å²) in [6.07, 6.45) is 5.56. The summed E-state index contributed by atoms with van der Waals surface area (Å²) in [4.78, 5) is 13.0. The van der Waals surface area contributed by atoms with Gasteiger partial charge in [0.2, 0.25) is 0 Å². The van der Waals surface area contributed by atoms with E-state index in [1.807, 2.05) is 51.1 Å². The molecule has 2 N–H and O–H groups in total. The fourth-order valence-electron chi connectivity index (χ4n) is 4.45. The SMILES string of the molecule is COc1ccccc1C1Nc2c(C(=O)NC(C)(C)C)cccc2C2C=CCC21. The number of ether oxygens (including phenoxy) is 1. The number of carbonyl (C=O) groups excluding carboxylic acids is 1. The minimum Gasteiger partial charge on any atom is -0.496 e. The third kappa shape index (κ3) is 3.28. The Hall–Kier alpha value is -2.75. The molecule has 0 spiro atoms. The molecule has 0 fully saturated rings. The number of hydrogen-bond acceptors (Lipinski definition) is 3. The molecule has 1 aliphatic heterocycles. The number of allylic oxidation sites excluding steroid dienone is 2. The number of nitrogens with one attached hydrogen (secondary N) is 2. The van der Waals surface area contributed by atoms with Gasteiger partial charge in [0.05, 0.1) is 24.4 Å². The van der Waals surface area contributed by atoms with Crippen LogP contribution in [0.15, 0.2) is 54.6 Å². The number of rotatable bonds is 3. The molecule has 2 aromatic carbocycles. The van der Waals surface area contributed by atoms with Crippen molar-refractivity contribution < 1.29 is 9.53 Å². The van der Waals surface area contributed by atoms with E-state index in [9.17, 15) is 4.79 Å². The van der Waals surface area contributed by atoms with Gasteiger partial charge in [-0.25, -0.2) is 0 Å². The minimum absolute atomic E-state index is 0.0453. The van der Waals surface area contributed by atoms with Gasteiger partial charge in [-0.05, 0) is 50.8 Å². The Labute approximate surface area is 167 Å². The van der Waals surface area contributed by atoms with E-state index in [-0.39, 0.29) is 17.5 Å². The molecule has 4 rings (SSSR count). The lowest BCUT2D eigenvalue weighted by Crippen LogP contribution is -2.41. The summed E-state index contributed by atoms with van der Waals surface area (Å²) in [6, 6.07) is 14.3. The quantitative estimate of drug-likeness (QED) is 0.737. The van der Waals surface area contributed by atoms with Gasteiger partial charge >= 0.3 is 0 Å². The van der Waals surface area contributed by atoms with Crippen LogP contribution in [0.25, 0.3) is 0 Å². The highest BCUT2D eigenvalue weighted by molar-refractivity contribution is 6.01. The first-order chi connectivity index (χ1) is 13.4. The smallest absolute Gasteiger partial charge is 0.253 e. The molecule has 1 amide bonds. The zero-order valence-corrected chi connectivity index (χ0v) is 17.0. The van der Waals surface area contributed by atoms with Crippen LogP contribution in [0.3, 0.4) is 0 Å². The third-order valence-corrected chi connectivity index (χ3v) is 5.60. The predicted octanol–water partition coefficient (Wildman–Crippen LogP) is 5.05. The molecule has 0 aromatic heterocycles. The molecule has 0 radical (unpaired) electrons. The van der Waals surface area contributed by atoms with Crippen molar-refractivity contribution in [2.24, 2.45) is 5.92 Å². The van der Waals surface area contributed by atoms with Gasteiger partial charge in [-0.2, -0.15) is 0 Å². The molecular formula is C24H28N2O2. The fourth-order valence-corrected chi connectivity index (χ4v) is 4.45. The Morgan fingerprint density at radius 3 is 2.61 bits per heavy atom. The first-order valence-corrected chi connectivity index (χ1v) is 9.90. The Bertz CT molecular complexity index is 926. The van der Waals surface area contributed by atoms with Crippen molar-refractivity contribution >= 4 is 11.6 Å². The molecule has 2 aliphatic rings. The maximum absolute atomic E-state index is 13.0. The first-order valence-electron chi connectivity index (χ1n) is 9.90. The van der Waals surface area contributed by atoms with Crippen molar-refractivity contribution in [3.63, 3.8) is 0 Å². The molecule has 1 aliphatic carbocycles. The average Bonchev–Trinajstić information content (AvgIpc) is 3.15. The lowest BCUT2D eigenvalue weighted by Gasteiger charge is -2.39. The highest BCUT2D eigenvalue weighted by Gasteiger charge is 2.40. The predicted molar refractivity (Wildman–Crippen MR) is 113 cm³/mol. The summed E-state index contributed by atoms with van der Waals surface area (Å²) in [5, 5.41) is 6.81. The maximum atomic E-state index is 13.0. The van der Waals surface area contributed by atoms with Crippen LogP contribution in [0, 0.1) is 5.92 Å². The monoisotopic (exact) mass is 376 g/mol. The summed E-state index contributed by atoms with van der Waals surface area (Å²) in [6.45, 7) is 6.00. The Balaban J connectivity index is 1.79. The van der Waals surface area contributed by atoms with E-state index in [0.717, 1.165) is 23.4 Å². The standard InChI is InChI=1S/C24H28N2O2/c1-24(2,3)26-23(27)19-13-8-12-17-15-10-7-11-16(15)21(25-22(17)19)18-9-5-6-14-20(18)28-4/h5-10,12-16,21,25H,11H2,1-4H3,(H,26,27). The number of carbonyl (C=O) groups is 1. The number of hydrogen-bond donors (Lipinski definition) is 2. The van der Waals surface area contributed by atoms with Crippen molar-refractivity contribution in [3.05, 3.63) is 71.3 Å². The number of benzene rings is 2. The molecule has 0 saturated heterocycles. The van der Waals surface area contributed by atoms with Gasteiger partial charge in [0, 0.05) is 17.0 Å². The van der Waals surface area contributed by atoms with Crippen LogP contribution in [0.2, 0.25) is 0 Å². The summed E-state index contributed by atoms with van der Waals surface area (Å²) < 4.78 is 5.64. The third-order valence-electron chi connectivity index (χ3n) is 5.60. The van der Waals surface area contributed by atoms with Crippen LogP contribution >= 0.6 is 0 Å². The van der Waals surface area contributed by atoms with Gasteiger partial charge in [0.25, 0.3) is 5.91 Å². The van der Waals surface area contributed by atoms with Crippen LogP contribution in [-0.4, -0.2) is 18.6 Å². The normalized spacial score (nSPS) is 22.8. The lowest BCUT2D eigenvalue weighted by atomic mass is 9.76. The number of fused-ring (bicyclic) bond motifs is 3. The number of amides is 1. The van der Waals surface area contributed by atoms with Crippen molar-refractivity contribution in [1.29, 1.82) is 0 Å². The summed E-state index contributed by atoms with van der Waals surface area (Å²) in [5.74, 6) is 1.54. The first kappa shape index (κ1) is 18.6. The maximum Gasteiger partial charge on any atom is 0.253 e. The molecule has 3 atom stereocenters. The van der Waals surface area contributed by atoms with Gasteiger partial charge in [-0.3, -0.25) is 4.79 Å². The Kier molecular flexibility index (Phi) is 4.66.